The first kappa shape index (κ1) is 14.9. The van der Waals surface area contributed by atoms with Crippen molar-refractivity contribution in [3.63, 3.8) is 0 Å². The number of rotatable bonds is 6. The Bertz CT molecular complexity index is 389. The molecular formula is C11H13ClF2O4. The third-order valence-electron chi connectivity index (χ3n) is 2.27. The van der Waals surface area contributed by atoms with Crippen LogP contribution in [0.3, 0.4) is 0 Å². The van der Waals surface area contributed by atoms with Gasteiger partial charge in [0.25, 0.3) is 0 Å². The summed E-state index contributed by atoms with van der Waals surface area (Å²) in [5, 5.41) is 19.1. The van der Waals surface area contributed by atoms with Crippen molar-refractivity contribution >= 4 is 11.6 Å². The Morgan fingerprint density at radius 1 is 1.28 bits per heavy atom. The minimum Gasteiger partial charge on any atom is -0.493 e. The molecule has 0 aliphatic carbocycles. The monoisotopic (exact) mass is 282 g/mol. The number of halogens is 3. The van der Waals surface area contributed by atoms with Crippen LogP contribution < -0.4 is 9.47 Å². The summed E-state index contributed by atoms with van der Waals surface area (Å²) in [5.41, 5.74) is 0.293. The van der Waals surface area contributed by atoms with Crippen molar-refractivity contribution in [3.05, 3.63) is 23.8 Å². The van der Waals surface area contributed by atoms with E-state index in [1.54, 1.807) is 0 Å². The normalized spacial score (nSPS) is 14.4. The van der Waals surface area contributed by atoms with Gasteiger partial charge in [0.1, 0.15) is 6.10 Å². The van der Waals surface area contributed by atoms with E-state index >= 15 is 0 Å². The Labute approximate surface area is 108 Å². The number of methoxy groups -OCH3 is 1. The van der Waals surface area contributed by atoms with Gasteiger partial charge in [-0.15, -0.1) is 11.6 Å². The largest absolute Gasteiger partial charge is 0.493 e. The summed E-state index contributed by atoms with van der Waals surface area (Å²) in [4.78, 5) is 0. The summed E-state index contributed by atoms with van der Waals surface area (Å²) in [6.45, 7) is -2.97. The van der Waals surface area contributed by atoms with Gasteiger partial charge in [-0.05, 0) is 17.7 Å². The molecule has 18 heavy (non-hydrogen) atoms. The molecule has 1 aromatic rings. The van der Waals surface area contributed by atoms with E-state index in [1.807, 2.05) is 0 Å². The van der Waals surface area contributed by atoms with E-state index in [0.717, 1.165) is 0 Å². The number of hydrogen-bond acceptors (Lipinski definition) is 4. The fourth-order valence-corrected chi connectivity index (χ4v) is 1.54. The molecule has 0 saturated carbocycles. The summed E-state index contributed by atoms with van der Waals surface area (Å²) in [7, 11) is 1.28. The Morgan fingerprint density at radius 2 is 1.94 bits per heavy atom. The van der Waals surface area contributed by atoms with Crippen LogP contribution in [0.15, 0.2) is 18.2 Å². The lowest BCUT2D eigenvalue weighted by molar-refractivity contribution is -0.0512. The van der Waals surface area contributed by atoms with Gasteiger partial charge in [0.2, 0.25) is 0 Å². The lowest BCUT2D eigenvalue weighted by atomic mass is 10.0. The first-order valence-electron chi connectivity index (χ1n) is 5.04. The minimum absolute atomic E-state index is 0.0358. The number of hydrogen-bond donors (Lipinski definition) is 2. The van der Waals surface area contributed by atoms with Gasteiger partial charge in [-0.1, -0.05) is 6.07 Å². The molecule has 1 rings (SSSR count). The van der Waals surface area contributed by atoms with Crippen molar-refractivity contribution in [1.29, 1.82) is 0 Å². The summed E-state index contributed by atoms with van der Waals surface area (Å²) in [5.74, 6) is -0.267. The zero-order chi connectivity index (χ0) is 13.7. The molecule has 0 heterocycles. The molecule has 0 aromatic heterocycles. The fourth-order valence-electron chi connectivity index (χ4n) is 1.37. The van der Waals surface area contributed by atoms with Crippen molar-refractivity contribution < 1.29 is 28.5 Å². The summed E-state index contributed by atoms with van der Waals surface area (Å²) >= 11 is 5.41. The highest BCUT2D eigenvalue weighted by Crippen LogP contribution is 2.32. The second kappa shape index (κ2) is 6.72. The maximum atomic E-state index is 12.1. The first-order chi connectivity index (χ1) is 8.49. The molecule has 0 spiro atoms. The maximum Gasteiger partial charge on any atom is 0.387 e. The molecule has 0 bridgehead atoms. The van der Waals surface area contributed by atoms with E-state index in [1.165, 1.54) is 25.3 Å². The lowest BCUT2D eigenvalue weighted by Gasteiger charge is -2.17. The van der Waals surface area contributed by atoms with Crippen molar-refractivity contribution in [1.82, 2.24) is 0 Å². The van der Waals surface area contributed by atoms with E-state index < -0.39 is 18.8 Å². The van der Waals surface area contributed by atoms with Crippen LogP contribution in [-0.4, -0.2) is 35.9 Å². The Balaban J connectivity index is 2.97. The number of benzene rings is 1. The Morgan fingerprint density at radius 3 is 2.44 bits per heavy atom. The predicted octanol–water partition coefficient (Wildman–Crippen LogP) is 1.93. The number of ether oxygens (including phenoxy) is 2. The van der Waals surface area contributed by atoms with Gasteiger partial charge in [-0.25, -0.2) is 0 Å². The van der Waals surface area contributed by atoms with Gasteiger partial charge >= 0.3 is 6.61 Å². The Hall–Kier alpha value is -1.11. The number of aliphatic hydroxyl groups excluding tert-OH is 2. The van der Waals surface area contributed by atoms with E-state index in [9.17, 15) is 19.0 Å². The second-order valence-corrected chi connectivity index (χ2v) is 3.76. The van der Waals surface area contributed by atoms with E-state index in [4.69, 9.17) is 16.3 Å². The molecular weight excluding hydrogens is 270 g/mol. The number of alkyl halides is 3. The summed E-state index contributed by atoms with van der Waals surface area (Å²) < 4.78 is 33.3. The van der Waals surface area contributed by atoms with Crippen LogP contribution >= 0.6 is 11.6 Å². The van der Waals surface area contributed by atoms with Gasteiger partial charge in [-0.2, -0.15) is 8.78 Å². The fraction of sp³-hybridized carbons (Fsp3) is 0.455. The molecule has 0 amide bonds. The van der Waals surface area contributed by atoms with Crippen LogP contribution in [0, 0.1) is 0 Å². The zero-order valence-electron chi connectivity index (χ0n) is 9.52. The average Bonchev–Trinajstić information content (AvgIpc) is 2.36. The highest BCUT2D eigenvalue weighted by molar-refractivity contribution is 6.18. The molecule has 2 atom stereocenters. The molecule has 0 aliphatic heterocycles. The van der Waals surface area contributed by atoms with E-state index in [-0.39, 0.29) is 17.4 Å². The molecule has 4 nitrogen and oxygen atoms in total. The van der Waals surface area contributed by atoms with Crippen LogP contribution in [0.4, 0.5) is 8.78 Å². The quantitative estimate of drug-likeness (QED) is 0.783. The first-order valence-corrected chi connectivity index (χ1v) is 5.58. The topological polar surface area (TPSA) is 58.9 Å². The molecule has 0 saturated heterocycles. The van der Waals surface area contributed by atoms with Crippen molar-refractivity contribution in [2.24, 2.45) is 0 Å². The van der Waals surface area contributed by atoms with Gasteiger partial charge in [0, 0.05) is 0 Å². The van der Waals surface area contributed by atoms with Crippen molar-refractivity contribution in [2.45, 2.75) is 18.8 Å². The van der Waals surface area contributed by atoms with Crippen LogP contribution in [0.1, 0.15) is 11.7 Å². The van der Waals surface area contributed by atoms with Crippen molar-refractivity contribution in [2.75, 3.05) is 13.0 Å². The summed E-state index contributed by atoms with van der Waals surface area (Å²) in [6, 6.07) is 3.88. The Kier molecular flexibility index (Phi) is 5.58. The predicted molar refractivity (Wildman–Crippen MR) is 61.3 cm³/mol. The molecule has 1 aromatic carbocycles. The van der Waals surface area contributed by atoms with Crippen LogP contribution in [-0.2, 0) is 0 Å². The van der Waals surface area contributed by atoms with Crippen LogP contribution in [0.2, 0.25) is 0 Å². The maximum absolute atomic E-state index is 12.1. The third kappa shape index (κ3) is 3.69. The molecule has 0 fully saturated rings. The minimum atomic E-state index is -2.97. The molecule has 102 valence electrons. The van der Waals surface area contributed by atoms with Gasteiger partial charge in [0.15, 0.2) is 11.5 Å². The molecule has 0 radical (unpaired) electrons. The van der Waals surface area contributed by atoms with Crippen molar-refractivity contribution in [3.8, 4) is 11.5 Å². The molecule has 2 N–H and O–H groups in total. The van der Waals surface area contributed by atoms with Gasteiger partial charge in [-0.3, -0.25) is 0 Å². The third-order valence-corrected chi connectivity index (χ3v) is 2.58. The second-order valence-electron chi connectivity index (χ2n) is 3.46. The van der Waals surface area contributed by atoms with E-state index in [2.05, 4.69) is 4.74 Å². The van der Waals surface area contributed by atoms with Gasteiger partial charge < -0.3 is 19.7 Å². The van der Waals surface area contributed by atoms with E-state index in [0.29, 0.717) is 5.56 Å². The number of aliphatic hydroxyl groups is 2. The SMILES string of the molecule is COc1cc(C(O)C(O)CCl)ccc1OC(F)F. The van der Waals surface area contributed by atoms with Crippen LogP contribution in [0.5, 0.6) is 11.5 Å². The summed E-state index contributed by atoms with van der Waals surface area (Å²) in [6.07, 6.45) is -2.38. The molecule has 0 aliphatic rings. The average molecular weight is 283 g/mol. The highest BCUT2D eigenvalue weighted by Gasteiger charge is 2.20. The lowest BCUT2D eigenvalue weighted by Crippen LogP contribution is -2.19. The zero-order valence-corrected chi connectivity index (χ0v) is 10.3. The molecule has 7 heteroatoms. The van der Waals surface area contributed by atoms with Gasteiger partial charge in [0.05, 0.1) is 19.1 Å². The highest BCUT2D eigenvalue weighted by atomic mass is 35.5. The molecule has 2 unspecified atom stereocenters. The van der Waals surface area contributed by atoms with Crippen LogP contribution in [0.25, 0.3) is 0 Å². The smallest absolute Gasteiger partial charge is 0.387 e. The standard InChI is InChI=1S/C11H13ClF2O4/c1-17-9-4-6(10(16)7(15)5-12)2-3-8(9)18-11(13)14/h2-4,7,10-11,15-16H,5H2,1H3.